The second-order valence-corrected chi connectivity index (χ2v) is 7.92. The maximum atomic E-state index is 12.8. The minimum absolute atomic E-state index is 0.175. The zero-order valence-electron chi connectivity index (χ0n) is 17.2. The maximum absolute atomic E-state index is 12.8. The maximum Gasteiger partial charge on any atom is 0.270 e. The Morgan fingerprint density at radius 2 is 1.90 bits per heavy atom. The first kappa shape index (κ1) is 20.5. The monoisotopic (exact) mass is 426 g/mol. The van der Waals surface area contributed by atoms with Crippen LogP contribution in [0, 0.1) is 0 Å². The van der Waals surface area contributed by atoms with Crippen molar-refractivity contribution in [2.45, 2.75) is 32.6 Å². The Morgan fingerprint density at radius 1 is 1.13 bits per heavy atom. The number of pyridine rings is 1. The first-order chi connectivity index (χ1) is 14.7. The molecule has 4 rings (SSSR count). The molecule has 30 heavy (non-hydrogen) atoms. The van der Waals surface area contributed by atoms with E-state index < -0.39 is 0 Å². The first-order valence-electron chi connectivity index (χ1n) is 10.6. The van der Waals surface area contributed by atoms with E-state index in [0.29, 0.717) is 35.9 Å². The van der Waals surface area contributed by atoms with E-state index in [9.17, 15) is 4.79 Å². The lowest BCUT2D eigenvalue weighted by molar-refractivity contribution is 0.0940. The number of imidazole rings is 1. The number of ether oxygens (including phenoxy) is 1. The van der Waals surface area contributed by atoms with Crippen molar-refractivity contribution in [3.8, 4) is 5.75 Å². The summed E-state index contributed by atoms with van der Waals surface area (Å²) in [5, 5.41) is 3.49. The van der Waals surface area contributed by atoms with Crippen LogP contribution in [0.3, 0.4) is 0 Å². The molecular weight excluding hydrogens is 400 g/mol. The Hall–Kier alpha value is -2.73. The number of nitrogens with one attached hydrogen (secondary N) is 1. The number of aromatic nitrogens is 2. The van der Waals surface area contributed by atoms with Crippen LogP contribution in [0.5, 0.6) is 5.75 Å². The molecule has 0 aliphatic carbocycles. The lowest BCUT2D eigenvalue weighted by atomic mass is 10.1. The molecule has 2 aromatic heterocycles. The average molecular weight is 427 g/mol. The molecular formula is C23H27ClN4O2. The summed E-state index contributed by atoms with van der Waals surface area (Å²) in [5.74, 6) is 0.631. The summed E-state index contributed by atoms with van der Waals surface area (Å²) in [6.07, 6.45) is 6.23. The van der Waals surface area contributed by atoms with E-state index in [2.05, 4.69) is 27.3 Å². The number of rotatable bonds is 7. The normalized spacial score (nSPS) is 14.1. The Labute approximate surface area is 181 Å². The highest BCUT2D eigenvalue weighted by Crippen LogP contribution is 2.22. The Bertz CT molecular complexity index is 1010. The summed E-state index contributed by atoms with van der Waals surface area (Å²) in [6, 6.07) is 11.8. The summed E-state index contributed by atoms with van der Waals surface area (Å²) < 4.78 is 7.55. The fourth-order valence-electron chi connectivity index (χ4n) is 3.88. The molecule has 1 N–H and O–H groups in total. The van der Waals surface area contributed by atoms with Crippen LogP contribution in [0.25, 0.3) is 5.65 Å². The molecule has 0 radical (unpaired) electrons. The molecule has 158 valence electrons. The van der Waals surface area contributed by atoms with Gasteiger partial charge < -0.3 is 15.0 Å². The topological polar surface area (TPSA) is 58.9 Å². The van der Waals surface area contributed by atoms with Crippen molar-refractivity contribution in [1.29, 1.82) is 0 Å². The van der Waals surface area contributed by atoms with Gasteiger partial charge in [0.2, 0.25) is 0 Å². The second-order valence-electron chi connectivity index (χ2n) is 7.48. The standard InChI is InChI=1S/C23H27ClN4O2/c1-2-20-22(28-16-17(24)6-11-21(28)26-20)23(29)25-12-15-30-19-9-7-18(8-10-19)27-13-4-3-5-14-27/h6-11,16H,2-5,12-15H2,1H3,(H,25,29). The van der Waals surface area contributed by atoms with Gasteiger partial charge >= 0.3 is 0 Å². The van der Waals surface area contributed by atoms with E-state index in [0.717, 1.165) is 24.5 Å². The van der Waals surface area contributed by atoms with E-state index in [1.54, 1.807) is 16.7 Å². The first-order valence-corrected chi connectivity index (χ1v) is 11.0. The molecule has 3 heterocycles. The molecule has 3 aromatic rings. The molecule has 1 saturated heterocycles. The van der Waals surface area contributed by atoms with Crippen LogP contribution in [0.1, 0.15) is 42.4 Å². The summed E-state index contributed by atoms with van der Waals surface area (Å²) in [6.45, 7) is 5.04. The van der Waals surface area contributed by atoms with Crippen molar-refractivity contribution in [3.63, 3.8) is 0 Å². The predicted octanol–water partition coefficient (Wildman–Crippen LogP) is 4.35. The minimum atomic E-state index is -0.175. The van der Waals surface area contributed by atoms with E-state index >= 15 is 0 Å². The van der Waals surface area contributed by atoms with E-state index in [1.807, 2.05) is 25.1 Å². The van der Waals surface area contributed by atoms with Crippen LogP contribution in [0.15, 0.2) is 42.6 Å². The van der Waals surface area contributed by atoms with Crippen molar-refractivity contribution in [2.75, 3.05) is 31.1 Å². The van der Waals surface area contributed by atoms with Gasteiger partial charge in [-0.15, -0.1) is 0 Å². The number of hydrogen-bond donors (Lipinski definition) is 1. The van der Waals surface area contributed by atoms with Gasteiger partial charge in [-0.2, -0.15) is 0 Å². The number of anilines is 1. The van der Waals surface area contributed by atoms with Gasteiger partial charge in [-0.05, 0) is 62.1 Å². The summed E-state index contributed by atoms with van der Waals surface area (Å²) in [7, 11) is 0. The zero-order chi connectivity index (χ0) is 20.9. The average Bonchev–Trinajstić information content (AvgIpc) is 3.15. The van der Waals surface area contributed by atoms with Crippen molar-refractivity contribution in [3.05, 3.63) is 59.0 Å². The molecule has 0 unspecified atom stereocenters. The SMILES string of the molecule is CCc1nc2ccc(Cl)cn2c1C(=O)NCCOc1ccc(N2CCCCC2)cc1. The fraction of sp³-hybridized carbons (Fsp3) is 0.391. The molecule has 1 aliphatic rings. The second kappa shape index (κ2) is 9.39. The number of aryl methyl sites for hydroxylation is 1. The van der Waals surface area contributed by atoms with Crippen molar-refractivity contribution < 1.29 is 9.53 Å². The number of piperidine rings is 1. The number of nitrogens with zero attached hydrogens (tertiary/aromatic N) is 3. The van der Waals surface area contributed by atoms with Gasteiger partial charge in [0.1, 0.15) is 23.7 Å². The van der Waals surface area contributed by atoms with Crippen molar-refractivity contribution >= 4 is 28.8 Å². The highest BCUT2D eigenvalue weighted by atomic mass is 35.5. The Kier molecular flexibility index (Phi) is 6.43. The van der Waals surface area contributed by atoms with Crippen LogP contribution in [0.2, 0.25) is 5.02 Å². The summed E-state index contributed by atoms with van der Waals surface area (Å²) in [4.78, 5) is 19.7. The van der Waals surface area contributed by atoms with Gasteiger partial charge in [0.25, 0.3) is 5.91 Å². The van der Waals surface area contributed by atoms with Gasteiger partial charge in [0.05, 0.1) is 17.3 Å². The van der Waals surface area contributed by atoms with Crippen LogP contribution < -0.4 is 15.0 Å². The quantitative estimate of drug-likeness (QED) is 0.570. The largest absolute Gasteiger partial charge is 0.492 e. The number of carbonyl (C=O) groups excluding carboxylic acids is 1. The molecule has 1 aromatic carbocycles. The molecule has 0 spiro atoms. The molecule has 0 bridgehead atoms. The molecule has 1 amide bonds. The van der Waals surface area contributed by atoms with Crippen LogP contribution in [-0.4, -0.2) is 41.5 Å². The third-order valence-electron chi connectivity index (χ3n) is 5.42. The summed E-state index contributed by atoms with van der Waals surface area (Å²) in [5.41, 5.74) is 3.24. The van der Waals surface area contributed by atoms with Gasteiger partial charge in [0, 0.05) is 25.0 Å². The number of benzene rings is 1. The molecule has 6 nitrogen and oxygen atoms in total. The Balaban J connectivity index is 1.32. The minimum Gasteiger partial charge on any atom is -0.492 e. The van der Waals surface area contributed by atoms with Crippen molar-refractivity contribution in [1.82, 2.24) is 14.7 Å². The van der Waals surface area contributed by atoms with Gasteiger partial charge in [-0.25, -0.2) is 4.98 Å². The Morgan fingerprint density at radius 3 is 2.63 bits per heavy atom. The third kappa shape index (κ3) is 4.54. The third-order valence-corrected chi connectivity index (χ3v) is 5.64. The highest BCUT2D eigenvalue weighted by Gasteiger charge is 2.18. The van der Waals surface area contributed by atoms with E-state index in [-0.39, 0.29) is 5.91 Å². The molecule has 0 saturated carbocycles. The number of fused-ring (bicyclic) bond motifs is 1. The lowest BCUT2D eigenvalue weighted by Crippen LogP contribution is -2.30. The van der Waals surface area contributed by atoms with Gasteiger partial charge in [0.15, 0.2) is 0 Å². The lowest BCUT2D eigenvalue weighted by Gasteiger charge is -2.28. The smallest absolute Gasteiger partial charge is 0.270 e. The molecule has 7 heteroatoms. The predicted molar refractivity (Wildman–Crippen MR) is 120 cm³/mol. The molecule has 1 fully saturated rings. The molecule has 0 atom stereocenters. The zero-order valence-corrected chi connectivity index (χ0v) is 18.0. The molecule has 1 aliphatic heterocycles. The van der Waals surface area contributed by atoms with Crippen LogP contribution in [0.4, 0.5) is 5.69 Å². The summed E-state index contributed by atoms with van der Waals surface area (Å²) >= 11 is 6.10. The van der Waals surface area contributed by atoms with E-state index in [1.165, 1.54) is 24.9 Å². The van der Waals surface area contributed by atoms with Crippen LogP contribution in [-0.2, 0) is 6.42 Å². The van der Waals surface area contributed by atoms with Crippen molar-refractivity contribution in [2.24, 2.45) is 0 Å². The van der Waals surface area contributed by atoms with Crippen LogP contribution >= 0.6 is 11.6 Å². The number of amides is 1. The highest BCUT2D eigenvalue weighted by molar-refractivity contribution is 6.30. The fourth-order valence-corrected chi connectivity index (χ4v) is 4.04. The van der Waals surface area contributed by atoms with E-state index in [4.69, 9.17) is 16.3 Å². The van der Waals surface area contributed by atoms with Gasteiger partial charge in [-0.3, -0.25) is 9.20 Å². The number of halogens is 1. The number of carbonyl (C=O) groups is 1. The number of hydrogen-bond acceptors (Lipinski definition) is 4. The van der Waals surface area contributed by atoms with Gasteiger partial charge in [-0.1, -0.05) is 18.5 Å².